The zero-order valence-corrected chi connectivity index (χ0v) is 11.7. The highest BCUT2D eigenvalue weighted by molar-refractivity contribution is 8.00. The van der Waals surface area contributed by atoms with E-state index in [2.05, 4.69) is 5.32 Å². The van der Waals surface area contributed by atoms with Crippen LogP contribution in [-0.4, -0.2) is 17.5 Å². The lowest BCUT2D eigenvalue weighted by Gasteiger charge is -2.24. The maximum absolute atomic E-state index is 12.5. The molecule has 1 aromatic rings. The van der Waals surface area contributed by atoms with E-state index in [1.54, 1.807) is 12.1 Å². The van der Waals surface area contributed by atoms with Gasteiger partial charge >= 0.3 is 6.18 Å². The first kappa shape index (κ1) is 14.7. The van der Waals surface area contributed by atoms with Crippen molar-refractivity contribution in [2.24, 2.45) is 0 Å². The molecular weight excluding hydrogens is 271 g/mol. The molecule has 0 bridgehead atoms. The van der Waals surface area contributed by atoms with Crippen LogP contribution in [0.5, 0.6) is 0 Å². The Morgan fingerprint density at radius 3 is 2.47 bits per heavy atom. The molecule has 2 atom stereocenters. The Hall–Kier alpha value is -0.680. The summed E-state index contributed by atoms with van der Waals surface area (Å²) in [5.74, 6) is 1.15. The summed E-state index contributed by atoms with van der Waals surface area (Å²) in [6.45, 7) is 2.85. The zero-order chi connectivity index (χ0) is 13.9. The molecule has 0 spiro atoms. The molecule has 1 heterocycles. The Balaban J connectivity index is 2.17. The van der Waals surface area contributed by atoms with Crippen LogP contribution < -0.4 is 5.32 Å². The van der Waals surface area contributed by atoms with Gasteiger partial charge in [-0.1, -0.05) is 19.1 Å². The molecular formula is C14H18F3NS. The van der Waals surface area contributed by atoms with Gasteiger partial charge < -0.3 is 5.32 Å². The molecule has 2 rings (SSSR count). The fourth-order valence-electron chi connectivity index (χ4n) is 2.43. The van der Waals surface area contributed by atoms with Gasteiger partial charge in [-0.05, 0) is 42.8 Å². The van der Waals surface area contributed by atoms with Gasteiger partial charge in [0.15, 0.2) is 0 Å². The Bertz CT molecular complexity index is 396. The van der Waals surface area contributed by atoms with Gasteiger partial charge in [0, 0.05) is 11.3 Å². The fourth-order valence-corrected chi connectivity index (χ4v) is 3.84. The molecule has 0 amide bonds. The van der Waals surface area contributed by atoms with E-state index in [9.17, 15) is 13.2 Å². The first-order valence-corrected chi connectivity index (χ1v) is 7.59. The normalized spacial score (nSPS) is 21.6. The quantitative estimate of drug-likeness (QED) is 0.889. The Kier molecular flexibility index (Phi) is 4.79. The molecule has 1 aromatic carbocycles. The lowest BCUT2D eigenvalue weighted by Crippen LogP contribution is -2.28. The van der Waals surface area contributed by atoms with Crippen molar-refractivity contribution < 1.29 is 13.2 Å². The predicted molar refractivity (Wildman–Crippen MR) is 73.3 cm³/mol. The number of rotatable bonds is 4. The van der Waals surface area contributed by atoms with Gasteiger partial charge in [0.2, 0.25) is 0 Å². The van der Waals surface area contributed by atoms with E-state index >= 15 is 0 Å². The molecule has 2 unspecified atom stereocenters. The summed E-state index contributed by atoms with van der Waals surface area (Å²) in [5.41, 5.74) is 0.375. The van der Waals surface area contributed by atoms with Gasteiger partial charge in [0.1, 0.15) is 0 Å². The highest BCUT2D eigenvalue weighted by atomic mass is 32.2. The van der Waals surface area contributed by atoms with Crippen molar-refractivity contribution in [2.45, 2.75) is 37.2 Å². The van der Waals surface area contributed by atoms with Crippen molar-refractivity contribution in [3.05, 3.63) is 35.4 Å². The number of hydrogen-bond acceptors (Lipinski definition) is 2. The zero-order valence-electron chi connectivity index (χ0n) is 10.8. The van der Waals surface area contributed by atoms with Gasteiger partial charge in [-0.15, -0.1) is 0 Å². The molecule has 5 heteroatoms. The van der Waals surface area contributed by atoms with Crippen molar-refractivity contribution in [1.82, 2.24) is 5.32 Å². The summed E-state index contributed by atoms with van der Waals surface area (Å²) in [7, 11) is 0. The number of nitrogens with one attached hydrogen (secondary N) is 1. The number of halogens is 3. The Labute approximate surface area is 116 Å². The Morgan fingerprint density at radius 1 is 1.32 bits per heavy atom. The van der Waals surface area contributed by atoms with Crippen LogP contribution in [0.4, 0.5) is 13.2 Å². The highest BCUT2D eigenvalue weighted by Crippen LogP contribution is 2.37. The molecule has 0 saturated carbocycles. The van der Waals surface area contributed by atoms with E-state index in [1.165, 1.54) is 18.6 Å². The molecule has 1 saturated heterocycles. The summed E-state index contributed by atoms with van der Waals surface area (Å²) in [5, 5.41) is 3.87. The maximum atomic E-state index is 12.5. The van der Waals surface area contributed by atoms with Crippen molar-refractivity contribution in [3.8, 4) is 0 Å². The molecule has 19 heavy (non-hydrogen) atoms. The monoisotopic (exact) mass is 289 g/mol. The maximum Gasteiger partial charge on any atom is 0.416 e. The number of hydrogen-bond donors (Lipinski definition) is 1. The standard InChI is InChI=1S/C14H18F3NS/c1-2-18-13(12-4-3-9-19-12)10-5-7-11(8-6-10)14(15,16)17/h5-8,12-13,18H,2-4,9H2,1H3. The van der Waals surface area contributed by atoms with Crippen LogP contribution in [-0.2, 0) is 6.18 Å². The molecule has 1 nitrogen and oxygen atoms in total. The molecule has 1 aliphatic heterocycles. The lowest BCUT2D eigenvalue weighted by atomic mass is 9.99. The van der Waals surface area contributed by atoms with Crippen LogP contribution in [0.25, 0.3) is 0 Å². The third kappa shape index (κ3) is 3.66. The minimum absolute atomic E-state index is 0.153. The minimum Gasteiger partial charge on any atom is -0.309 e. The van der Waals surface area contributed by atoms with Crippen LogP contribution in [0.1, 0.15) is 36.9 Å². The van der Waals surface area contributed by atoms with E-state index in [1.807, 2.05) is 18.7 Å². The van der Waals surface area contributed by atoms with E-state index in [0.717, 1.165) is 24.3 Å². The van der Waals surface area contributed by atoms with E-state index in [-0.39, 0.29) is 6.04 Å². The third-order valence-electron chi connectivity index (χ3n) is 3.36. The minimum atomic E-state index is -4.26. The number of benzene rings is 1. The predicted octanol–water partition coefficient (Wildman–Crippen LogP) is 4.25. The van der Waals surface area contributed by atoms with Crippen LogP contribution in [0.2, 0.25) is 0 Å². The van der Waals surface area contributed by atoms with Crippen LogP contribution in [0.3, 0.4) is 0 Å². The second-order valence-electron chi connectivity index (χ2n) is 4.71. The third-order valence-corrected chi connectivity index (χ3v) is 4.82. The average Bonchev–Trinajstić information content (AvgIpc) is 2.89. The largest absolute Gasteiger partial charge is 0.416 e. The van der Waals surface area contributed by atoms with Crippen LogP contribution in [0, 0.1) is 0 Å². The van der Waals surface area contributed by atoms with E-state index in [4.69, 9.17) is 0 Å². The first-order chi connectivity index (χ1) is 9.02. The van der Waals surface area contributed by atoms with Crippen molar-refractivity contribution >= 4 is 11.8 Å². The van der Waals surface area contributed by atoms with Gasteiger partial charge in [-0.2, -0.15) is 24.9 Å². The summed E-state index contributed by atoms with van der Waals surface area (Å²) >= 11 is 1.91. The van der Waals surface area contributed by atoms with Gasteiger partial charge in [0.05, 0.1) is 5.56 Å². The van der Waals surface area contributed by atoms with Gasteiger partial charge in [-0.3, -0.25) is 0 Å². The average molecular weight is 289 g/mol. The number of thioether (sulfide) groups is 1. The summed E-state index contributed by atoms with van der Waals surface area (Å²) in [4.78, 5) is 0. The van der Waals surface area contributed by atoms with Crippen molar-refractivity contribution in [2.75, 3.05) is 12.3 Å². The topological polar surface area (TPSA) is 12.0 Å². The SMILES string of the molecule is CCNC(c1ccc(C(F)(F)F)cc1)C1CCCS1. The van der Waals surface area contributed by atoms with Crippen molar-refractivity contribution in [3.63, 3.8) is 0 Å². The lowest BCUT2D eigenvalue weighted by molar-refractivity contribution is -0.137. The van der Waals surface area contributed by atoms with Crippen LogP contribution >= 0.6 is 11.8 Å². The summed E-state index contributed by atoms with van der Waals surface area (Å²) < 4.78 is 37.6. The molecule has 0 aliphatic carbocycles. The summed E-state index contributed by atoms with van der Waals surface area (Å²) in [6, 6.07) is 5.72. The second-order valence-corrected chi connectivity index (χ2v) is 6.05. The fraction of sp³-hybridized carbons (Fsp3) is 0.571. The smallest absolute Gasteiger partial charge is 0.309 e. The van der Waals surface area contributed by atoms with E-state index in [0.29, 0.717) is 5.25 Å². The highest BCUT2D eigenvalue weighted by Gasteiger charge is 2.31. The van der Waals surface area contributed by atoms with Gasteiger partial charge in [0.25, 0.3) is 0 Å². The molecule has 1 aliphatic rings. The second kappa shape index (κ2) is 6.18. The molecule has 0 radical (unpaired) electrons. The first-order valence-electron chi connectivity index (χ1n) is 6.54. The molecule has 106 valence electrons. The molecule has 0 aromatic heterocycles. The van der Waals surface area contributed by atoms with Crippen molar-refractivity contribution in [1.29, 1.82) is 0 Å². The summed E-state index contributed by atoms with van der Waals surface area (Å²) in [6.07, 6.45) is -1.93. The molecule has 1 N–H and O–H groups in total. The van der Waals surface area contributed by atoms with Crippen LogP contribution in [0.15, 0.2) is 24.3 Å². The Morgan fingerprint density at radius 2 is 2.00 bits per heavy atom. The van der Waals surface area contributed by atoms with E-state index < -0.39 is 11.7 Å². The van der Waals surface area contributed by atoms with Gasteiger partial charge in [-0.25, -0.2) is 0 Å². The molecule has 1 fully saturated rings. The number of alkyl halides is 3.